The van der Waals surface area contributed by atoms with Crippen molar-refractivity contribution in [2.24, 2.45) is 0 Å². The number of benzene rings is 8. The summed E-state index contributed by atoms with van der Waals surface area (Å²) in [5, 5.41) is 7.56. The van der Waals surface area contributed by atoms with Gasteiger partial charge in [0.05, 0.1) is 22.4 Å². The van der Waals surface area contributed by atoms with Gasteiger partial charge in [0.15, 0.2) is 0 Å². The van der Waals surface area contributed by atoms with Crippen molar-refractivity contribution in [3.8, 4) is 16.8 Å². The lowest BCUT2D eigenvalue weighted by Gasteiger charge is -2.29. The number of hydrogen-bond acceptors (Lipinski definition) is 2. The second-order valence-electron chi connectivity index (χ2n) is 12.5. The highest BCUT2D eigenvalue weighted by atomic mass is 32.1. The molecule has 0 aliphatic carbocycles. The molecule has 49 heavy (non-hydrogen) atoms. The second kappa shape index (κ2) is 11.2. The first kappa shape index (κ1) is 27.9. The Hall–Kier alpha value is -6.16. The lowest BCUT2D eigenvalue weighted by molar-refractivity contribution is 1.17. The predicted molar refractivity (Wildman–Crippen MR) is 211 cm³/mol. The molecule has 0 atom stereocenters. The molecule has 0 spiro atoms. The molecule has 10 rings (SSSR count). The highest BCUT2D eigenvalue weighted by Gasteiger charge is 2.24. The highest BCUT2D eigenvalue weighted by Crippen LogP contribution is 2.49. The van der Waals surface area contributed by atoms with Crippen LogP contribution in [0.25, 0.3) is 69.6 Å². The molecule has 2 nitrogen and oxygen atoms in total. The SMILES string of the molecule is c1ccc(-c2ccc(N(c3cc4c5ccccc5sc4c4ccccc34)c3cccc4c5ccccc5n(-c5ccccc5)c34)cc2)cc1. The van der Waals surface area contributed by atoms with Gasteiger partial charge in [-0.2, -0.15) is 0 Å². The first-order chi connectivity index (χ1) is 24.3. The predicted octanol–water partition coefficient (Wildman–Crippen LogP) is 13.4. The van der Waals surface area contributed by atoms with Crippen molar-refractivity contribution in [3.63, 3.8) is 0 Å². The normalized spacial score (nSPS) is 11.7. The van der Waals surface area contributed by atoms with E-state index in [0.29, 0.717) is 0 Å². The van der Waals surface area contributed by atoms with Gasteiger partial charge in [0.25, 0.3) is 0 Å². The standard InChI is InChI=1S/C46H30N2S/c1-3-14-31(15-4-1)32-26-28-34(29-27-32)47(43-30-40-37-20-10-12-25-44(37)49-46(40)39-21-8-7-19-36(39)43)42-24-13-22-38-35-18-9-11-23-41(35)48(45(38)42)33-16-5-2-6-17-33/h1-30H. The molecule has 2 aromatic heterocycles. The fourth-order valence-corrected chi connectivity index (χ4v) is 8.80. The molecule has 0 aliphatic heterocycles. The molecule has 0 saturated carbocycles. The van der Waals surface area contributed by atoms with Gasteiger partial charge in [-0.1, -0.05) is 133 Å². The second-order valence-corrected chi connectivity index (χ2v) is 13.6. The van der Waals surface area contributed by atoms with Crippen molar-refractivity contribution < 1.29 is 0 Å². The summed E-state index contributed by atoms with van der Waals surface area (Å²) in [6.07, 6.45) is 0. The van der Waals surface area contributed by atoms with E-state index in [-0.39, 0.29) is 0 Å². The number of hydrogen-bond donors (Lipinski definition) is 0. The van der Waals surface area contributed by atoms with Gasteiger partial charge >= 0.3 is 0 Å². The van der Waals surface area contributed by atoms with Gasteiger partial charge in [-0.05, 0) is 59.7 Å². The Morgan fingerprint density at radius 1 is 0.408 bits per heavy atom. The number of fused-ring (bicyclic) bond motifs is 8. The van der Waals surface area contributed by atoms with Crippen LogP contribution in [0.2, 0.25) is 0 Å². The Morgan fingerprint density at radius 3 is 1.82 bits per heavy atom. The molecule has 0 amide bonds. The summed E-state index contributed by atoms with van der Waals surface area (Å²) in [7, 11) is 0. The van der Waals surface area contributed by atoms with Gasteiger partial charge in [0, 0.05) is 53.1 Å². The van der Waals surface area contributed by atoms with Gasteiger partial charge in [-0.15, -0.1) is 11.3 Å². The number of anilines is 3. The summed E-state index contributed by atoms with van der Waals surface area (Å²) in [5.41, 5.74) is 9.34. The van der Waals surface area contributed by atoms with Gasteiger partial charge in [-0.25, -0.2) is 0 Å². The first-order valence-corrected chi connectivity index (χ1v) is 17.5. The average molecular weight is 643 g/mol. The molecule has 0 bridgehead atoms. The Labute approximate surface area is 288 Å². The molecular formula is C46H30N2S. The van der Waals surface area contributed by atoms with Crippen molar-refractivity contribution in [1.29, 1.82) is 0 Å². The maximum Gasteiger partial charge on any atom is 0.0782 e. The largest absolute Gasteiger partial charge is 0.308 e. The van der Waals surface area contributed by atoms with Crippen LogP contribution in [0.1, 0.15) is 0 Å². The van der Waals surface area contributed by atoms with E-state index >= 15 is 0 Å². The van der Waals surface area contributed by atoms with Crippen molar-refractivity contribution in [2.45, 2.75) is 0 Å². The molecule has 0 unspecified atom stereocenters. The fourth-order valence-electron chi connectivity index (χ4n) is 7.58. The monoisotopic (exact) mass is 642 g/mol. The van der Waals surface area contributed by atoms with E-state index in [1.807, 2.05) is 11.3 Å². The smallest absolute Gasteiger partial charge is 0.0782 e. The highest BCUT2D eigenvalue weighted by molar-refractivity contribution is 7.26. The number of para-hydroxylation sites is 3. The van der Waals surface area contributed by atoms with Crippen molar-refractivity contribution >= 4 is 81.1 Å². The molecule has 0 fully saturated rings. The number of thiophene rings is 1. The summed E-state index contributed by atoms with van der Waals surface area (Å²) in [6, 6.07) is 66.1. The maximum absolute atomic E-state index is 2.49. The Bertz CT molecular complexity index is 2810. The summed E-state index contributed by atoms with van der Waals surface area (Å²) in [5.74, 6) is 0. The summed E-state index contributed by atoms with van der Waals surface area (Å²) in [4.78, 5) is 2.49. The van der Waals surface area contributed by atoms with Crippen LogP contribution >= 0.6 is 11.3 Å². The molecule has 0 aliphatic rings. The van der Waals surface area contributed by atoms with Gasteiger partial charge in [0.1, 0.15) is 0 Å². The third-order valence-corrected chi connectivity index (χ3v) is 11.0. The van der Waals surface area contributed by atoms with Crippen LogP contribution in [-0.4, -0.2) is 4.57 Å². The van der Waals surface area contributed by atoms with Crippen LogP contribution in [0.3, 0.4) is 0 Å². The first-order valence-electron chi connectivity index (χ1n) is 16.7. The van der Waals surface area contributed by atoms with E-state index in [0.717, 1.165) is 22.7 Å². The zero-order valence-electron chi connectivity index (χ0n) is 26.6. The molecule has 0 radical (unpaired) electrons. The molecule has 2 heterocycles. The minimum Gasteiger partial charge on any atom is -0.308 e. The number of nitrogens with zero attached hydrogens (tertiary/aromatic N) is 2. The minimum atomic E-state index is 1.11. The maximum atomic E-state index is 2.49. The van der Waals surface area contributed by atoms with Gasteiger partial charge in [0.2, 0.25) is 0 Å². The zero-order chi connectivity index (χ0) is 32.3. The summed E-state index contributed by atoms with van der Waals surface area (Å²) in [6.45, 7) is 0. The molecule has 230 valence electrons. The van der Waals surface area contributed by atoms with Crippen LogP contribution in [0.4, 0.5) is 17.1 Å². The van der Waals surface area contributed by atoms with Crippen LogP contribution in [-0.2, 0) is 0 Å². The lowest BCUT2D eigenvalue weighted by Crippen LogP contribution is -2.12. The van der Waals surface area contributed by atoms with Gasteiger partial charge in [-0.3, -0.25) is 0 Å². The van der Waals surface area contributed by atoms with Crippen LogP contribution < -0.4 is 4.90 Å². The summed E-state index contributed by atoms with van der Waals surface area (Å²) >= 11 is 1.89. The topological polar surface area (TPSA) is 8.17 Å². The average Bonchev–Trinajstić information content (AvgIpc) is 3.73. The lowest BCUT2D eigenvalue weighted by atomic mass is 10.0. The number of rotatable bonds is 5. The van der Waals surface area contributed by atoms with Crippen LogP contribution in [0.5, 0.6) is 0 Å². The van der Waals surface area contributed by atoms with E-state index in [9.17, 15) is 0 Å². The number of aromatic nitrogens is 1. The van der Waals surface area contributed by atoms with E-state index in [2.05, 4.69) is 191 Å². The van der Waals surface area contributed by atoms with Crippen LogP contribution in [0, 0.1) is 0 Å². The Morgan fingerprint density at radius 2 is 1.02 bits per heavy atom. The third-order valence-electron chi connectivity index (χ3n) is 9.76. The zero-order valence-corrected chi connectivity index (χ0v) is 27.4. The molecule has 3 heteroatoms. The van der Waals surface area contributed by atoms with Crippen molar-refractivity contribution in [2.75, 3.05) is 4.90 Å². The molecule has 0 N–H and O–H groups in total. The van der Waals surface area contributed by atoms with Gasteiger partial charge < -0.3 is 9.47 Å². The Kier molecular flexibility index (Phi) is 6.39. The molecule has 10 aromatic rings. The minimum absolute atomic E-state index is 1.11. The van der Waals surface area contributed by atoms with E-state index < -0.39 is 0 Å². The van der Waals surface area contributed by atoms with Crippen molar-refractivity contribution in [3.05, 3.63) is 182 Å². The Balaban J connectivity index is 1.33. The fraction of sp³-hybridized carbons (Fsp3) is 0. The molecule has 0 saturated heterocycles. The van der Waals surface area contributed by atoms with E-state index in [4.69, 9.17) is 0 Å². The summed E-state index contributed by atoms with van der Waals surface area (Å²) < 4.78 is 5.08. The van der Waals surface area contributed by atoms with E-state index in [1.165, 1.54) is 63.9 Å². The van der Waals surface area contributed by atoms with Crippen LogP contribution in [0.15, 0.2) is 182 Å². The molecular weight excluding hydrogens is 613 g/mol. The molecule has 8 aromatic carbocycles. The van der Waals surface area contributed by atoms with E-state index in [1.54, 1.807) is 0 Å². The van der Waals surface area contributed by atoms with Crippen molar-refractivity contribution in [1.82, 2.24) is 4.57 Å². The third kappa shape index (κ3) is 4.40. The quantitative estimate of drug-likeness (QED) is 0.181.